The number of amides is 2. The number of aryl methyl sites for hydroxylation is 1. The predicted octanol–water partition coefficient (Wildman–Crippen LogP) is 6.58. The van der Waals surface area contributed by atoms with E-state index in [1.165, 1.54) is 11.9 Å². The average molecular weight is 624 g/mol. The van der Waals surface area contributed by atoms with Crippen LogP contribution in [0.3, 0.4) is 0 Å². The summed E-state index contributed by atoms with van der Waals surface area (Å²) < 4.78 is 13.2. The van der Waals surface area contributed by atoms with Crippen LogP contribution in [0.4, 0.5) is 16.2 Å². The highest BCUT2D eigenvalue weighted by molar-refractivity contribution is 7.96. The van der Waals surface area contributed by atoms with Crippen LogP contribution in [0.2, 0.25) is 10.0 Å². The van der Waals surface area contributed by atoms with Crippen molar-refractivity contribution in [1.29, 1.82) is 0 Å². The van der Waals surface area contributed by atoms with Gasteiger partial charge in [-0.25, -0.2) is 4.79 Å². The molecule has 0 aliphatic carbocycles. The van der Waals surface area contributed by atoms with E-state index in [4.69, 9.17) is 32.7 Å². The Labute approximate surface area is 258 Å². The Morgan fingerprint density at radius 2 is 1.83 bits per heavy atom. The van der Waals surface area contributed by atoms with Crippen LogP contribution in [-0.4, -0.2) is 80.1 Å². The minimum atomic E-state index is -0.437. The van der Waals surface area contributed by atoms with Crippen molar-refractivity contribution in [3.05, 3.63) is 52.0 Å². The maximum atomic E-state index is 12.7. The molecule has 41 heavy (non-hydrogen) atoms. The molecule has 0 saturated carbocycles. The number of anilines is 2. The SMILES string of the molecule is CSN(CC(C)C)C(=O)OCN1C(=O)CCc2ccc(OCCCCN3CCN(c4cccc(Cl)c4Cl)CC3)cc21. The highest BCUT2D eigenvalue weighted by Gasteiger charge is 2.27. The van der Waals surface area contributed by atoms with Crippen molar-refractivity contribution in [1.82, 2.24) is 9.21 Å². The highest BCUT2D eigenvalue weighted by Crippen LogP contribution is 2.33. The van der Waals surface area contributed by atoms with Gasteiger partial charge >= 0.3 is 6.09 Å². The van der Waals surface area contributed by atoms with Crippen molar-refractivity contribution in [2.45, 2.75) is 39.5 Å². The van der Waals surface area contributed by atoms with Gasteiger partial charge in [-0.2, -0.15) is 0 Å². The van der Waals surface area contributed by atoms with Crippen molar-refractivity contribution < 1.29 is 19.1 Å². The number of hydrogen-bond donors (Lipinski definition) is 0. The van der Waals surface area contributed by atoms with E-state index in [0.717, 1.165) is 62.5 Å². The van der Waals surface area contributed by atoms with Gasteiger partial charge in [0, 0.05) is 51.5 Å². The van der Waals surface area contributed by atoms with Gasteiger partial charge in [0.2, 0.25) is 5.91 Å². The summed E-state index contributed by atoms with van der Waals surface area (Å²) in [4.78, 5) is 31.6. The Morgan fingerprint density at radius 3 is 2.56 bits per heavy atom. The van der Waals surface area contributed by atoms with E-state index in [-0.39, 0.29) is 12.6 Å². The summed E-state index contributed by atoms with van der Waals surface area (Å²) in [6, 6.07) is 11.6. The molecule has 1 fully saturated rings. The summed E-state index contributed by atoms with van der Waals surface area (Å²) >= 11 is 13.9. The third kappa shape index (κ3) is 8.60. The van der Waals surface area contributed by atoms with Gasteiger partial charge in [0.1, 0.15) is 5.75 Å². The molecule has 0 bridgehead atoms. The molecule has 8 nitrogen and oxygen atoms in total. The molecule has 4 rings (SSSR count). The van der Waals surface area contributed by atoms with Crippen LogP contribution in [0.1, 0.15) is 38.7 Å². The van der Waals surface area contributed by atoms with Crippen molar-refractivity contribution >= 4 is 58.5 Å². The van der Waals surface area contributed by atoms with Gasteiger partial charge in [-0.15, -0.1) is 0 Å². The molecule has 0 radical (unpaired) electrons. The third-order valence-electron chi connectivity index (χ3n) is 7.31. The number of unbranched alkanes of at least 4 members (excludes halogenated alkanes) is 1. The fourth-order valence-corrected chi connectivity index (χ4v) is 6.14. The molecule has 0 atom stereocenters. The zero-order valence-corrected chi connectivity index (χ0v) is 26.4. The Bertz CT molecular complexity index is 1190. The molecule has 2 aromatic carbocycles. The molecule has 0 unspecified atom stereocenters. The van der Waals surface area contributed by atoms with Gasteiger partial charge in [-0.05, 0) is 67.4 Å². The zero-order chi connectivity index (χ0) is 29.4. The van der Waals surface area contributed by atoms with E-state index in [1.54, 1.807) is 9.21 Å². The number of rotatable bonds is 12. The molecule has 0 aromatic heterocycles. The fraction of sp³-hybridized carbons (Fsp3) is 0.533. The topological polar surface area (TPSA) is 65.6 Å². The molecular weight excluding hydrogens is 583 g/mol. The second-order valence-electron chi connectivity index (χ2n) is 10.7. The highest BCUT2D eigenvalue weighted by atomic mass is 35.5. The molecule has 11 heteroatoms. The average Bonchev–Trinajstić information content (AvgIpc) is 2.96. The van der Waals surface area contributed by atoms with Crippen LogP contribution >= 0.6 is 35.1 Å². The summed E-state index contributed by atoms with van der Waals surface area (Å²) in [7, 11) is 0. The number of carbonyl (C=O) groups is 2. The predicted molar refractivity (Wildman–Crippen MR) is 168 cm³/mol. The smallest absolute Gasteiger partial charge is 0.421 e. The van der Waals surface area contributed by atoms with Crippen LogP contribution in [0.15, 0.2) is 36.4 Å². The van der Waals surface area contributed by atoms with Crippen molar-refractivity contribution in [2.24, 2.45) is 5.92 Å². The normalized spacial score (nSPS) is 15.7. The van der Waals surface area contributed by atoms with E-state index < -0.39 is 6.09 Å². The van der Waals surface area contributed by atoms with Crippen LogP contribution in [0.25, 0.3) is 0 Å². The minimum absolute atomic E-state index is 0.0558. The minimum Gasteiger partial charge on any atom is -0.494 e. The van der Waals surface area contributed by atoms with Crippen LogP contribution in [-0.2, 0) is 16.0 Å². The third-order valence-corrected chi connectivity index (χ3v) is 8.86. The van der Waals surface area contributed by atoms with Crippen molar-refractivity contribution in [3.8, 4) is 5.75 Å². The van der Waals surface area contributed by atoms with Gasteiger partial charge in [-0.1, -0.05) is 49.2 Å². The Balaban J connectivity index is 1.22. The van der Waals surface area contributed by atoms with Crippen molar-refractivity contribution in [3.63, 3.8) is 0 Å². The maximum Gasteiger partial charge on any atom is 0.421 e. The molecule has 2 aliphatic heterocycles. The summed E-state index contributed by atoms with van der Waals surface area (Å²) in [6.45, 7) is 9.97. The Hall–Kier alpha value is -2.33. The second-order valence-corrected chi connectivity index (χ2v) is 12.3. The van der Waals surface area contributed by atoms with E-state index in [1.807, 2.05) is 56.5 Å². The molecule has 224 valence electrons. The molecule has 0 N–H and O–H groups in total. The van der Waals surface area contributed by atoms with Crippen LogP contribution < -0.4 is 14.5 Å². The molecule has 2 amide bonds. The first kappa shape index (κ1) is 31.6. The quantitative estimate of drug-likeness (QED) is 0.195. The number of benzene rings is 2. The first-order valence-corrected chi connectivity index (χ1v) is 16.2. The molecule has 0 spiro atoms. The van der Waals surface area contributed by atoms with Crippen LogP contribution in [0, 0.1) is 5.92 Å². The van der Waals surface area contributed by atoms with Gasteiger partial charge in [0.15, 0.2) is 6.73 Å². The van der Waals surface area contributed by atoms with E-state index in [9.17, 15) is 9.59 Å². The second kappa shape index (κ2) is 15.2. The van der Waals surface area contributed by atoms with E-state index in [2.05, 4.69) is 9.80 Å². The van der Waals surface area contributed by atoms with Gasteiger partial charge in [0.25, 0.3) is 0 Å². The first-order chi connectivity index (χ1) is 19.8. The number of nitrogens with zero attached hydrogens (tertiary/aromatic N) is 4. The lowest BCUT2D eigenvalue weighted by Crippen LogP contribution is -2.46. The molecule has 1 saturated heterocycles. The monoisotopic (exact) mass is 622 g/mol. The number of halogens is 2. The van der Waals surface area contributed by atoms with E-state index in [0.29, 0.717) is 47.7 Å². The van der Waals surface area contributed by atoms with Gasteiger partial charge in [0.05, 0.1) is 28.0 Å². The number of fused-ring (bicyclic) bond motifs is 1. The number of piperazine rings is 1. The standard InChI is InChI=1S/C30H40Cl2N4O4S/c1-22(2)20-36(41-3)30(38)40-21-35-27-19-24(11-9-23(27)10-12-28(35)37)39-18-5-4-13-33-14-16-34(17-15-33)26-8-6-7-25(31)29(26)32/h6-9,11,19,22H,4-5,10,12-18,20-21H2,1-3H3. The fourth-order valence-electron chi connectivity index (χ4n) is 5.07. The number of carbonyl (C=O) groups excluding carboxylic acids is 2. The summed E-state index contributed by atoms with van der Waals surface area (Å²) in [5.74, 6) is 0.976. The van der Waals surface area contributed by atoms with Crippen LogP contribution in [0.5, 0.6) is 5.75 Å². The summed E-state index contributed by atoms with van der Waals surface area (Å²) in [6.07, 6.45) is 4.43. The van der Waals surface area contributed by atoms with Gasteiger partial charge in [-0.3, -0.25) is 18.9 Å². The zero-order valence-electron chi connectivity index (χ0n) is 24.1. The Kier molecular flexibility index (Phi) is 11.7. The van der Waals surface area contributed by atoms with Gasteiger partial charge < -0.3 is 14.4 Å². The number of ether oxygens (including phenoxy) is 2. The van der Waals surface area contributed by atoms with E-state index >= 15 is 0 Å². The molecular formula is C30H40Cl2N4O4S. The first-order valence-electron chi connectivity index (χ1n) is 14.2. The molecule has 2 heterocycles. The lowest BCUT2D eigenvalue weighted by Gasteiger charge is -2.36. The number of hydrogen-bond acceptors (Lipinski definition) is 7. The Morgan fingerprint density at radius 1 is 1.05 bits per heavy atom. The molecule has 2 aromatic rings. The summed E-state index contributed by atoms with van der Waals surface area (Å²) in [5.41, 5.74) is 2.81. The maximum absolute atomic E-state index is 12.7. The van der Waals surface area contributed by atoms with Crippen molar-refractivity contribution in [2.75, 3.05) is 68.7 Å². The molecule has 2 aliphatic rings. The summed E-state index contributed by atoms with van der Waals surface area (Å²) in [5, 5.41) is 1.21. The lowest BCUT2D eigenvalue weighted by atomic mass is 10.0. The largest absolute Gasteiger partial charge is 0.494 e. The lowest BCUT2D eigenvalue weighted by molar-refractivity contribution is -0.119.